The van der Waals surface area contributed by atoms with Crippen LogP contribution in [0.4, 0.5) is 5.82 Å². The molecule has 1 heterocycles. The third kappa shape index (κ3) is 6.10. The second-order valence-corrected chi connectivity index (χ2v) is 8.14. The van der Waals surface area contributed by atoms with Crippen LogP contribution in [0, 0.1) is 12.8 Å². The first-order chi connectivity index (χ1) is 13.1. The zero-order valence-electron chi connectivity index (χ0n) is 16.3. The summed E-state index contributed by atoms with van der Waals surface area (Å²) in [6, 6.07) is 21.1. The average molecular weight is 378 g/mol. The van der Waals surface area contributed by atoms with Gasteiger partial charge >= 0.3 is 0 Å². The van der Waals surface area contributed by atoms with Gasteiger partial charge in [-0.2, -0.15) is 0 Å². The van der Waals surface area contributed by atoms with Crippen LogP contribution < -0.4 is 5.32 Å². The summed E-state index contributed by atoms with van der Waals surface area (Å²) >= 11 is 1.72. The van der Waals surface area contributed by atoms with Gasteiger partial charge < -0.3 is 5.32 Å². The van der Waals surface area contributed by atoms with E-state index in [0.717, 1.165) is 41.0 Å². The van der Waals surface area contributed by atoms with Gasteiger partial charge in [-0.1, -0.05) is 85.8 Å². The standard InChI is InChI=1S/C23H27N3S/c1-17(2)16-27-23-25-21(20-11-9-18(3)10-12-20)15-22(26-23)24-14-13-19-7-5-4-6-8-19/h4-12,15,17H,13-14,16H2,1-3H3,(H,24,25,26). The Balaban J connectivity index is 1.77. The summed E-state index contributed by atoms with van der Waals surface area (Å²) in [5, 5.41) is 4.32. The fourth-order valence-corrected chi connectivity index (χ4v) is 3.48. The van der Waals surface area contributed by atoms with Crippen molar-refractivity contribution in [1.82, 2.24) is 9.97 Å². The highest BCUT2D eigenvalue weighted by Gasteiger charge is 2.08. The third-order valence-corrected chi connectivity index (χ3v) is 5.44. The summed E-state index contributed by atoms with van der Waals surface area (Å²) in [5.41, 5.74) is 4.68. The highest BCUT2D eigenvalue weighted by atomic mass is 32.2. The predicted molar refractivity (Wildman–Crippen MR) is 116 cm³/mol. The highest BCUT2D eigenvalue weighted by molar-refractivity contribution is 7.99. The molecule has 140 valence electrons. The SMILES string of the molecule is Cc1ccc(-c2cc(NCCc3ccccc3)nc(SCC(C)C)n2)cc1. The van der Waals surface area contributed by atoms with Crippen molar-refractivity contribution in [2.75, 3.05) is 17.6 Å². The number of nitrogens with zero attached hydrogens (tertiary/aromatic N) is 2. The lowest BCUT2D eigenvalue weighted by molar-refractivity contribution is 0.748. The molecule has 0 amide bonds. The lowest BCUT2D eigenvalue weighted by Gasteiger charge is -2.11. The number of hydrogen-bond acceptors (Lipinski definition) is 4. The molecular formula is C23H27N3S. The van der Waals surface area contributed by atoms with Gasteiger partial charge in [-0.25, -0.2) is 9.97 Å². The molecule has 1 N–H and O–H groups in total. The summed E-state index contributed by atoms with van der Waals surface area (Å²) in [6.45, 7) is 7.39. The molecule has 0 unspecified atom stereocenters. The molecule has 3 aromatic rings. The van der Waals surface area contributed by atoms with Crippen LogP contribution in [0.15, 0.2) is 65.8 Å². The van der Waals surface area contributed by atoms with Crippen LogP contribution in [-0.4, -0.2) is 22.3 Å². The Labute approximate surface area is 166 Å². The molecule has 0 fully saturated rings. The van der Waals surface area contributed by atoms with Crippen molar-refractivity contribution in [2.45, 2.75) is 32.3 Å². The lowest BCUT2D eigenvalue weighted by atomic mass is 10.1. The molecule has 4 heteroatoms. The summed E-state index contributed by atoms with van der Waals surface area (Å²) < 4.78 is 0. The molecule has 0 aliphatic heterocycles. The Hall–Kier alpha value is -2.33. The molecule has 1 aromatic heterocycles. The molecule has 0 bridgehead atoms. The van der Waals surface area contributed by atoms with Crippen molar-refractivity contribution in [3.05, 3.63) is 71.8 Å². The smallest absolute Gasteiger partial charge is 0.190 e. The molecule has 0 aliphatic carbocycles. The molecule has 3 nitrogen and oxygen atoms in total. The van der Waals surface area contributed by atoms with E-state index in [1.165, 1.54) is 11.1 Å². The largest absolute Gasteiger partial charge is 0.370 e. The van der Waals surface area contributed by atoms with Crippen molar-refractivity contribution in [3.8, 4) is 11.3 Å². The van der Waals surface area contributed by atoms with Crippen molar-refractivity contribution in [2.24, 2.45) is 5.92 Å². The number of benzene rings is 2. The normalized spacial score (nSPS) is 11.0. The van der Waals surface area contributed by atoms with Crippen LogP contribution in [0.2, 0.25) is 0 Å². The number of anilines is 1. The molecule has 0 saturated carbocycles. The monoisotopic (exact) mass is 377 g/mol. The first kappa shape index (κ1) is 19.4. The van der Waals surface area contributed by atoms with Crippen LogP contribution in [0.5, 0.6) is 0 Å². The molecular weight excluding hydrogens is 350 g/mol. The molecule has 0 spiro atoms. The Kier molecular flexibility index (Phi) is 6.88. The van der Waals surface area contributed by atoms with E-state index in [9.17, 15) is 0 Å². The van der Waals surface area contributed by atoms with E-state index in [0.29, 0.717) is 5.92 Å². The van der Waals surface area contributed by atoms with Gasteiger partial charge in [-0.15, -0.1) is 0 Å². The number of aromatic nitrogens is 2. The Morgan fingerprint density at radius 2 is 1.70 bits per heavy atom. The maximum Gasteiger partial charge on any atom is 0.190 e. The van der Waals surface area contributed by atoms with Gasteiger partial charge in [0.15, 0.2) is 5.16 Å². The lowest BCUT2D eigenvalue weighted by Crippen LogP contribution is -2.08. The minimum Gasteiger partial charge on any atom is -0.370 e. The zero-order valence-corrected chi connectivity index (χ0v) is 17.1. The number of hydrogen-bond donors (Lipinski definition) is 1. The summed E-state index contributed by atoms with van der Waals surface area (Å²) in [6.07, 6.45) is 0.971. The van der Waals surface area contributed by atoms with Crippen LogP contribution in [0.3, 0.4) is 0 Å². The minimum atomic E-state index is 0.608. The van der Waals surface area contributed by atoms with Crippen LogP contribution in [-0.2, 0) is 6.42 Å². The maximum atomic E-state index is 4.78. The molecule has 0 radical (unpaired) electrons. The quantitative estimate of drug-likeness (QED) is 0.394. The van der Waals surface area contributed by atoms with Crippen LogP contribution >= 0.6 is 11.8 Å². The van der Waals surface area contributed by atoms with Gasteiger partial charge in [0, 0.05) is 23.9 Å². The average Bonchev–Trinajstić information content (AvgIpc) is 2.68. The Morgan fingerprint density at radius 3 is 2.41 bits per heavy atom. The summed E-state index contributed by atoms with van der Waals surface area (Å²) in [7, 11) is 0. The molecule has 0 atom stereocenters. The van der Waals surface area contributed by atoms with Crippen molar-refractivity contribution in [1.29, 1.82) is 0 Å². The van der Waals surface area contributed by atoms with E-state index in [1.807, 2.05) is 6.07 Å². The van der Waals surface area contributed by atoms with Gasteiger partial charge in [-0.3, -0.25) is 0 Å². The number of thioether (sulfide) groups is 1. The Morgan fingerprint density at radius 1 is 0.963 bits per heavy atom. The molecule has 2 aromatic carbocycles. The van der Waals surface area contributed by atoms with Gasteiger partial charge in [0.05, 0.1) is 5.69 Å². The first-order valence-corrected chi connectivity index (χ1v) is 10.5. The number of aryl methyl sites for hydroxylation is 1. The van der Waals surface area contributed by atoms with Gasteiger partial charge in [0.2, 0.25) is 0 Å². The van der Waals surface area contributed by atoms with E-state index in [-0.39, 0.29) is 0 Å². The minimum absolute atomic E-state index is 0.608. The van der Waals surface area contributed by atoms with E-state index in [2.05, 4.69) is 80.7 Å². The van der Waals surface area contributed by atoms with E-state index < -0.39 is 0 Å². The topological polar surface area (TPSA) is 37.8 Å². The first-order valence-electron chi connectivity index (χ1n) is 9.47. The van der Waals surface area contributed by atoms with Crippen LogP contribution in [0.1, 0.15) is 25.0 Å². The van der Waals surface area contributed by atoms with E-state index in [4.69, 9.17) is 9.97 Å². The van der Waals surface area contributed by atoms with Crippen molar-refractivity contribution >= 4 is 17.6 Å². The van der Waals surface area contributed by atoms with Crippen molar-refractivity contribution in [3.63, 3.8) is 0 Å². The Bertz CT molecular complexity index is 845. The highest BCUT2D eigenvalue weighted by Crippen LogP contribution is 2.25. The van der Waals surface area contributed by atoms with E-state index in [1.54, 1.807) is 11.8 Å². The second-order valence-electron chi connectivity index (χ2n) is 7.15. The second kappa shape index (κ2) is 9.56. The third-order valence-electron chi connectivity index (χ3n) is 4.16. The summed E-state index contributed by atoms with van der Waals surface area (Å²) in [5.74, 6) is 2.51. The van der Waals surface area contributed by atoms with Crippen molar-refractivity contribution < 1.29 is 0 Å². The number of rotatable bonds is 8. The molecule has 0 aliphatic rings. The fourth-order valence-electron chi connectivity index (χ4n) is 2.67. The van der Waals surface area contributed by atoms with E-state index >= 15 is 0 Å². The van der Waals surface area contributed by atoms with Gasteiger partial charge in [0.1, 0.15) is 5.82 Å². The maximum absolute atomic E-state index is 4.78. The van der Waals surface area contributed by atoms with Crippen LogP contribution in [0.25, 0.3) is 11.3 Å². The summed E-state index contributed by atoms with van der Waals surface area (Å²) in [4.78, 5) is 9.50. The predicted octanol–water partition coefficient (Wildman–Crippen LogP) is 5.85. The molecule has 0 saturated heterocycles. The molecule has 3 rings (SSSR count). The zero-order chi connectivity index (χ0) is 19.1. The van der Waals surface area contributed by atoms with Gasteiger partial charge in [0.25, 0.3) is 0 Å². The number of nitrogens with one attached hydrogen (secondary N) is 1. The molecule has 27 heavy (non-hydrogen) atoms. The fraction of sp³-hybridized carbons (Fsp3) is 0.304. The van der Waals surface area contributed by atoms with Gasteiger partial charge in [-0.05, 0) is 24.8 Å².